The van der Waals surface area contributed by atoms with Gasteiger partial charge in [-0.3, -0.25) is 10.3 Å². The molecule has 1 aliphatic heterocycles. The fourth-order valence-corrected chi connectivity index (χ4v) is 0.266. The van der Waals surface area contributed by atoms with Gasteiger partial charge in [-0.15, -0.1) is 0 Å². The van der Waals surface area contributed by atoms with Gasteiger partial charge in [-0.1, -0.05) is 0 Å². The normalized spacial score (nSPS) is 19.7. The van der Waals surface area contributed by atoms with E-state index in [1.54, 1.807) is 0 Å². The van der Waals surface area contributed by atoms with Crippen molar-refractivity contribution in [1.29, 1.82) is 0 Å². The highest BCUT2D eigenvalue weighted by Crippen LogP contribution is 1.85. The Morgan fingerprint density at radius 2 is 2.83 bits per heavy atom. The van der Waals surface area contributed by atoms with Gasteiger partial charge in [0.05, 0.1) is 0 Å². The maximum Gasteiger partial charge on any atom is 0.343 e. The minimum atomic E-state index is -0.0741. The van der Waals surface area contributed by atoms with Crippen molar-refractivity contribution in [3.63, 3.8) is 0 Å². The maximum atomic E-state index is 9.98. The summed E-state index contributed by atoms with van der Waals surface area (Å²) < 4.78 is 4.33. The van der Waals surface area contributed by atoms with E-state index in [-0.39, 0.29) is 5.91 Å². The Kier molecular flexibility index (Phi) is 0.798. The molecule has 1 radical (unpaired) electrons. The molecule has 1 N–H and O–H groups in total. The lowest BCUT2D eigenvalue weighted by molar-refractivity contribution is -0.122. The Morgan fingerprint density at radius 3 is 3.00 bits per heavy atom. The van der Waals surface area contributed by atoms with Crippen LogP contribution < -0.4 is 5.48 Å². The van der Waals surface area contributed by atoms with Crippen LogP contribution in [0, 0.1) is 0 Å². The molecule has 1 rings (SSSR count). The van der Waals surface area contributed by atoms with Crippen molar-refractivity contribution in [1.82, 2.24) is 5.48 Å². The number of hydrogen-bond acceptors (Lipinski definition) is 2. The summed E-state index contributed by atoms with van der Waals surface area (Å²) in [4.78, 5) is 9.98. The van der Waals surface area contributed by atoms with Crippen molar-refractivity contribution in [2.24, 2.45) is 0 Å². The largest absolute Gasteiger partial charge is 0.343 e. The number of amides is 1. The van der Waals surface area contributed by atoms with E-state index in [1.807, 2.05) is 0 Å². The minimum absolute atomic E-state index is 0.0741. The summed E-state index contributed by atoms with van der Waals surface area (Å²) in [6.07, 6.45) is 0.389. The summed E-state index contributed by atoms with van der Waals surface area (Å²) in [7, 11) is 1.42. The van der Waals surface area contributed by atoms with Gasteiger partial charge in [0.15, 0.2) is 0 Å². The second-order valence-electron chi connectivity index (χ2n) is 1.01. The Balaban J connectivity index is 2.37. The van der Waals surface area contributed by atoms with Gasteiger partial charge in [0, 0.05) is 6.32 Å². The van der Waals surface area contributed by atoms with Crippen LogP contribution in [-0.2, 0) is 9.55 Å². The van der Waals surface area contributed by atoms with Crippen molar-refractivity contribution >= 4 is 13.4 Å². The summed E-state index contributed by atoms with van der Waals surface area (Å²) in [5, 5.41) is 0. The minimum Gasteiger partial charge on any atom is -0.343 e. The molecule has 3 nitrogen and oxygen atoms in total. The third-order valence-corrected chi connectivity index (χ3v) is 0.525. The van der Waals surface area contributed by atoms with E-state index in [0.717, 1.165) is 0 Å². The first-order chi connectivity index (χ1) is 2.89. The predicted molar refractivity (Wildman–Crippen MR) is 19.8 cm³/mol. The molecular formula is C2H3BNO2. The number of carbonyl (C=O) groups is 1. The van der Waals surface area contributed by atoms with E-state index < -0.39 is 0 Å². The van der Waals surface area contributed by atoms with Gasteiger partial charge in [0.1, 0.15) is 0 Å². The average molecular weight is 83.9 g/mol. The lowest BCUT2D eigenvalue weighted by Crippen LogP contribution is -2.10. The molecule has 0 saturated carbocycles. The second kappa shape index (κ2) is 1.30. The second-order valence-corrected chi connectivity index (χ2v) is 1.01. The zero-order chi connectivity index (χ0) is 4.41. The lowest BCUT2D eigenvalue weighted by Gasteiger charge is -1.83. The molecule has 1 aliphatic rings. The van der Waals surface area contributed by atoms with E-state index in [4.69, 9.17) is 0 Å². The summed E-state index contributed by atoms with van der Waals surface area (Å²) in [6, 6.07) is 0. The standard InChI is InChI=1S/C2H3BNO2/c5-2-1-3-6-4-2/h1H2,(H,4,5). The SMILES string of the molecule is O=C1C[B]ON1. The lowest BCUT2D eigenvalue weighted by atomic mass is 9.98. The number of hydrogen-bond donors (Lipinski definition) is 1. The van der Waals surface area contributed by atoms with Gasteiger partial charge in [-0.05, 0) is 0 Å². The van der Waals surface area contributed by atoms with E-state index >= 15 is 0 Å². The Hall–Kier alpha value is -0.505. The Labute approximate surface area is 35.9 Å². The molecule has 1 fully saturated rings. The van der Waals surface area contributed by atoms with Gasteiger partial charge in [-0.25, -0.2) is 0 Å². The van der Waals surface area contributed by atoms with Crippen LogP contribution in [0.15, 0.2) is 0 Å². The molecule has 0 aromatic heterocycles. The molecule has 0 aromatic rings. The molecule has 0 bridgehead atoms. The highest BCUT2D eigenvalue weighted by molar-refractivity contribution is 6.36. The van der Waals surface area contributed by atoms with E-state index in [2.05, 4.69) is 10.2 Å². The highest BCUT2D eigenvalue weighted by Gasteiger charge is 2.09. The van der Waals surface area contributed by atoms with Gasteiger partial charge < -0.3 is 4.76 Å². The van der Waals surface area contributed by atoms with Crippen LogP contribution in [0.1, 0.15) is 0 Å². The highest BCUT2D eigenvalue weighted by atomic mass is 16.6. The van der Waals surface area contributed by atoms with Gasteiger partial charge in [0.25, 0.3) is 0 Å². The van der Waals surface area contributed by atoms with Crippen molar-refractivity contribution in [3.05, 3.63) is 0 Å². The molecule has 1 amide bonds. The topological polar surface area (TPSA) is 38.3 Å². The molecule has 0 atom stereocenters. The molecule has 6 heavy (non-hydrogen) atoms. The van der Waals surface area contributed by atoms with Crippen molar-refractivity contribution in [2.75, 3.05) is 0 Å². The van der Waals surface area contributed by atoms with E-state index in [1.165, 1.54) is 7.48 Å². The van der Waals surface area contributed by atoms with Crippen LogP contribution in [0.2, 0.25) is 6.32 Å². The predicted octanol–water partition coefficient (Wildman–Crippen LogP) is -0.915. The first kappa shape index (κ1) is 3.68. The zero-order valence-corrected chi connectivity index (χ0v) is 3.10. The van der Waals surface area contributed by atoms with Crippen molar-refractivity contribution in [3.8, 4) is 0 Å². The van der Waals surface area contributed by atoms with Crippen molar-refractivity contribution in [2.45, 2.75) is 6.32 Å². The molecule has 4 heteroatoms. The fraction of sp³-hybridized carbons (Fsp3) is 0.500. The quantitative estimate of drug-likeness (QED) is 0.385. The number of hydroxylamine groups is 1. The summed E-state index contributed by atoms with van der Waals surface area (Å²) in [6.45, 7) is 0. The van der Waals surface area contributed by atoms with Gasteiger partial charge in [0.2, 0.25) is 5.91 Å². The van der Waals surface area contributed by atoms with Gasteiger partial charge in [-0.2, -0.15) is 0 Å². The number of rotatable bonds is 0. The molecule has 0 spiro atoms. The molecule has 1 heterocycles. The van der Waals surface area contributed by atoms with Crippen LogP contribution >= 0.6 is 0 Å². The van der Waals surface area contributed by atoms with E-state index in [9.17, 15) is 4.79 Å². The third kappa shape index (κ3) is 0.516. The van der Waals surface area contributed by atoms with Crippen LogP contribution in [0.4, 0.5) is 0 Å². The van der Waals surface area contributed by atoms with Crippen LogP contribution in [0.3, 0.4) is 0 Å². The summed E-state index contributed by atoms with van der Waals surface area (Å²) in [5.74, 6) is -0.0741. The maximum absolute atomic E-state index is 9.98. The fourth-order valence-electron chi connectivity index (χ4n) is 0.266. The summed E-state index contributed by atoms with van der Waals surface area (Å²) >= 11 is 0. The Morgan fingerprint density at radius 1 is 2.00 bits per heavy atom. The first-order valence-corrected chi connectivity index (χ1v) is 1.66. The number of nitrogens with one attached hydrogen (secondary N) is 1. The van der Waals surface area contributed by atoms with Crippen LogP contribution in [-0.4, -0.2) is 13.4 Å². The zero-order valence-electron chi connectivity index (χ0n) is 3.10. The molecule has 0 aliphatic carbocycles. The van der Waals surface area contributed by atoms with Gasteiger partial charge >= 0.3 is 7.48 Å². The smallest absolute Gasteiger partial charge is 0.343 e. The third-order valence-electron chi connectivity index (χ3n) is 0.525. The molecule has 0 unspecified atom stereocenters. The Bertz CT molecular complexity index is 65.9. The average Bonchev–Trinajstić information content (AvgIpc) is 1.86. The van der Waals surface area contributed by atoms with Crippen LogP contribution in [0.25, 0.3) is 0 Å². The summed E-state index contributed by atoms with van der Waals surface area (Å²) in [5.41, 5.74) is 2.12. The number of carbonyl (C=O) groups excluding carboxylic acids is 1. The molecule has 0 aromatic carbocycles. The van der Waals surface area contributed by atoms with E-state index in [0.29, 0.717) is 6.32 Å². The monoisotopic (exact) mass is 84.0 g/mol. The molecule has 31 valence electrons. The van der Waals surface area contributed by atoms with Crippen LogP contribution in [0.5, 0.6) is 0 Å². The first-order valence-electron chi connectivity index (χ1n) is 1.66. The van der Waals surface area contributed by atoms with Crippen molar-refractivity contribution < 1.29 is 9.55 Å². The molecule has 1 saturated heterocycles. The molecular weight excluding hydrogens is 80.8 g/mol.